The van der Waals surface area contributed by atoms with Gasteiger partial charge in [0, 0.05) is 7.05 Å². The molecule has 1 aliphatic rings. The van der Waals surface area contributed by atoms with E-state index < -0.39 is 10.0 Å². The summed E-state index contributed by atoms with van der Waals surface area (Å²) >= 11 is 0. The second-order valence-electron chi connectivity index (χ2n) is 5.69. The van der Waals surface area contributed by atoms with Crippen LogP contribution in [0, 0.1) is 0 Å². The van der Waals surface area contributed by atoms with Crippen LogP contribution in [0.15, 0.2) is 53.4 Å². The summed E-state index contributed by atoms with van der Waals surface area (Å²) in [7, 11) is -2.07. The molecule has 2 aromatic carbocycles. The number of ether oxygens (including phenoxy) is 3. The monoisotopic (exact) mass is 363 g/mol. The summed E-state index contributed by atoms with van der Waals surface area (Å²) in [5.41, 5.74) is 0. The lowest BCUT2D eigenvalue weighted by Crippen LogP contribution is -2.41. The van der Waals surface area contributed by atoms with E-state index in [1.54, 1.807) is 24.3 Å². The third-order valence-electron chi connectivity index (χ3n) is 3.87. The number of sulfonamides is 1. The normalized spacial score (nSPS) is 16.7. The Hall–Kier alpha value is -2.25. The Kier molecular flexibility index (Phi) is 5.15. The fourth-order valence-electron chi connectivity index (χ4n) is 2.59. The van der Waals surface area contributed by atoms with Crippen LogP contribution in [0.1, 0.15) is 6.92 Å². The van der Waals surface area contributed by atoms with Crippen molar-refractivity contribution >= 4 is 10.0 Å². The van der Waals surface area contributed by atoms with E-state index in [2.05, 4.69) is 0 Å². The van der Waals surface area contributed by atoms with Crippen LogP contribution in [0.3, 0.4) is 0 Å². The van der Waals surface area contributed by atoms with Gasteiger partial charge in [-0.2, -0.15) is 4.31 Å². The molecule has 1 atom stereocenters. The zero-order valence-corrected chi connectivity index (χ0v) is 15.0. The molecule has 0 saturated carbocycles. The molecule has 0 spiro atoms. The zero-order chi connectivity index (χ0) is 17.9. The zero-order valence-electron chi connectivity index (χ0n) is 14.2. The Morgan fingerprint density at radius 2 is 1.80 bits per heavy atom. The molecule has 0 fully saturated rings. The van der Waals surface area contributed by atoms with Crippen LogP contribution < -0.4 is 14.2 Å². The van der Waals surface area contributed by atoms with Gasteiger partial charge in [-0.15, -0.1) is 0 Å². The van der Waals surface area contributed by atoms with Gasteiger partial charge in [0.1, 0.15) is 18.5 Å². The third kappa shape index (κ3) is 3.88. The van der Waals surface area contributed by atoms with Crippen molar-refractivity contribution in [2.24, 2.45) is 0 Å². The summed E-state index contributed by atoms with van der Waals surface area (Å²) < 4.78 is 43.5. The van der Waals surface area contributed by atoms with Gasteiger partial charge in [-0.05, 0) is 43.3 Å². The molecule has 0 bridgehead atoms. The number of para-hydroxylation sites is 2. The first-order chi connectivity index (χ1) is 12.0. The highest BCUT2D eigenvalue weighted by Gasteiger charge is 2.28. The summed E-state index contributed by atoms with van der Waals surface area (Å²) in [5, 5.41) is 0. The van der Waals surface area contributed by atoms with Crippen LogP contribution in [-0.2, 0) is 10.0 Å². The minimum absolute atomic E-state index is 0.198. The fourth-order valence-corrected chi connectivity index (χ4v) is 3.79. The minimum Gasteiger partial charge on any atom is -0.494 e. The molecule has 0 N–H and O–H groups in total. The highest BCUT2D eigenvalue weighted by molar-refractivity contribution is 7.89. The molecule has 25 heavy (non-hydrogen) atoms. The molecule has 3 rings (SSSR count). The Morgan fingerprint density at radius 1 is 1.12 bits per heavy atom. The SMILES string of the molecule is CCOc1ccc(S(=O)(=O)N(C)C[C@H]2COc3ccccc3O2)cc1. The number of benzene rings is 2. The molecule has 0 amide bonds. The van der Waals surface area contributed by atoms with Crippen LogP contribution in [0.2, 0.25) is 0 Å². The summed E-state index contributed by atoms with van der Waals surface area (Å²) in [6, 6.07) is 13.8. The van der Waals surface area contributed by atoms with Crippen molar-refractivity contribution in [3.8, 4) is 17.2 Å². The first kappa shape index (κ1) is 17.6. The summed E-state index contributed by atoms with van der Waals surface area (Å²) in [6.45, 7) is 2.92. The molecule has 0 saturated heterocycles. The van der Waals surface area contributed by atoms with Crippen LogP contribution >= 0.6 is 0 Å². The van der Waals surface area contributed by atoms with Gasteiger partial charge < -0.3 is 14.2 Å². The number of likely N-dealkylation sites (N-methyl/N-ethyl adjacent to an activating group) is 1. The van der Waals surface area contributed by atoms with Crippen LogP contribution in [0.5, 0.6) is 17.2 Å². The van der Waals surface area contributed by atoms with E-state index in [-0.39, 0.29) is 17.5 Å². The van der Waals surface area contributed by atoms with Crippen molar-refractivity contribution in [1.82, 2.24) is 4.31 Å². The summed E-state index contributed by atoms with van der Waals surface area (Å²) in [6.07, 6.45) is -0.364. The van der Waals surface area contributed by atoms with Crippen molar-refractivity contribution in [2.75, 3.05) is 26.8 Å². The Balaban J connectivity index is 1.69. The second-order valence-corrected chi connectivity index (χ2v) is 7.73. The maximum Gasteiger partial charge on any atom is 0.242 e. The van der Waals surface area contributed by atoms with E-state index in [1.165, 1.54) is 11.4 Å². The number of nitrogens with zero attached hydrogens (tertiary/aromatic N) is 1. The van der Waals surface area contributed by atoms with E-state index in [0.717, 1.165) is 0 Å². The van der Waals surface area contributed by atoms with Gasteiger partial charge in [0.05, 0.1) is 18.0 Å². The highest BCUT2D eigenvalue weighted by atomic mass is 32.2. The van der Waals surface area contributed by atoms with E-state index >= 15 is 0 Å². The van der Waals surface area contributed by atoms with Crippen LogP contribution in [0.25, 0.3) is 0 Å². The third-order valence-corrected chi connectivity index (χ3v) is 5.71. The van der Waals surface area contributed by atoms with E-state index in [0.29, 0.717) is 30.5 Å². The molecule has 1 aliphatic heterocycles. The fraction of sp³-hybridized carbons (Fsp3) is 0.333. The number of rotatable bonds is 6. The van der Waals surface area contributed by atoms with Crippen molar-refractivity contribution in [1.29, 1.82) is 0 Å². The Morgan fingerprint density at radius 3 is 2.48 bits per heavy atom. The van der Waals surface area contributed by atoms with Crippen LogP contribution in [0.4, 0.5) is 0 Å². The minimum atomic E-state index is -3.61. The second kappa shape index (κ2) is 7.33. The quantitative estimate of drug-likeness (QED) is 0.789. The highest BCUT2D eigenvalue weighted by Crippen LogP contribution is 2.31. The lowest BCUT2D eigenvalue weighted by atomic mass is 10.2. The first-order valence-corrected chi connectivity index (χ1v) is 9.52. The average molecular weight is 363 g/mol. The Bertz CT molecular complexity index is 820. The van der Waals surface area contributed by atoms with Crippen molar-refractivity contribution in [3.63, 3.8) is 0 Å². The smallest absolute Gasteiger partial charge is 0.242 e. The van der Waals surface area contributed by atoms with E-state index in [4.69, 9.17) is 14.2 Å². The topological polar surface area (TPSA) is 65.1 Å². The lowest BCUT2D eigenvalue weighted by molar-refractivity contribution is 0.0798. The molecule has 0 radical (unpaired) electrons. The molecule has 134 valence electrons. The molecule has 0 unspecified atom stereocenters. The maximum atomic E-state index is 12.7. The van der Waals surface area contributed by atoms with E-state index in [9.17, 15) is 8.42 Å². The standard InChI is InChI=1S/C18H21NO5S/c1-3-22-14-8-10-16(11-9-14)25(20,21)19(2)12-15-13-23-17-6-4-5-7-18(17)24-15/h4-11,15H,3,12-13H2,1-2H3/t15-/m0/s1. The molecule has 1 heterocycles. The average Bonchev–Trinajstić information content (AvgIpc) is 2.62. The number of fused-ring (bicyclic) bond motifs is 1. The predicted molar refractivity (Wildman–Crippen MR) is 93.8 cm³/mol. The van der Waals surface area contributed by atoms with Gasteiger partial charge in [-0.25, -0.2) is 8.42 Å². The predicted octanol–water partition coefficient (Wildman–Crippen LogP) is 2.55. The van der Waals surface area contributed by atoms with Crippen molar-refractivity contribution in [2.45, 2.75) is 17.9 Å². The Labute approximate surface area is 148 Å². The van der Waals surface area contributed by atoms with Gasteiger partial charge >= 0.3 is 0 Å². The molecule has 0 aliphatic carbocycles. The van der Waals surface area contributed by atoms with Crippen molar-refractivity contribution in [3.05, 3.63) is 48.5 Å². The molecule has 0 aromatic heterocycles. The van der Waals surface area contributed by atoms with Gasteiger partial charge in [-0.1, -0.05) is 12.1 Å². The first-order valence-electron chi connectivity index (χ1n) is 8.08. The van der Waals surface area contributed by atoms with Gasteiger partial charge in [-0.3, -0.25) is 0 Å². The number of hydrogen-bond acceptors (Lipinski definition) is 5. The molecule has 6 nitrogen and oxygen atoms in total. The lowest BCUT2D eigenvalue weighted by Gasteiger charge is -2.29. The van der Waals surface area contributed by atoms with Gasteiger partial charge in [0.2, 0.25) is 10.0 Å². The van der Waals surface area contributed by atoms with E-state index in [1.807, 2.05) is 31.2 Å². The molecule has 7 heteroatoms. The van der Waals surface area contributed by atoms with Crippen molar-refractivity contribution < 1.29 is 22.6 Å². The van der Waals surface area contributed by atoms with Crippen LogP contribution in [-0.4, -0.2) is 45.6 Å². The maximum absolute atomic E-state index is 12.7. The number of hydrogen-bond donors (Lipinski definition) is 0. The van der Waals surface area contributed by atoms with Gasteiger partial charge in [0.25, 0.3) is 0 Å². The summed E-state index contributed by atoms with van der Waals surface area (Å²) in [4.78, 5) is 0.218. The largest absolute Gasteiger partial charge is 0.494 e. The molecule has 2 aromatic rings. The van der Waals surface area contributed by atoms with Gasteiger partial charge in [0.15, 0.2) is 11.5 Å². The molecular weight excluding hydrogens is 342 g/mol. The molecular formula is C18H21NO5S. The summed E-state index contributed by atoms with van der Waals surface area (Å²) in [5.74, 6) is 1.95.